The highest BCUT2D eigenvalue weighted by molar-refractivity contribution is 8.00. The molecule has 0 aliphatic carbocycles. The molecule has 0 saturated heterocycles. The minimum Gasteiger partial charge on any atom is -0.224 e. The molecule has 0 bridgehead atoms. The summed E-state index contributed by atoms with van der Waals surface area (Å²) in [5.74, 6) is 0.720. The van der Waals surface area contributed by atoms with Gasteiger partial charge in [0.1, 0.15) is 16.6 Å². The van der Waals surface area contributed by atoms with Gasteiger partial charge in [-0.25, -0.2) is 9.97 Å². The zero-order chi connectivity index (χ0) is 10.7. The summed E-state index contributed by atoms with van der Waals surface area (Å²) in [4.78, 5) is 8.02. The van der Waals surface area contributed by atoms with E-state index in [0.717, 1.165) is 15.7 Å². The monoisotopic (exact) mass is 277 g/mol. The number of hydrogen-bond donors (Lipinski definition) is 0. The molecular formula is C8H5Cl2N3S2. The molecule has 0 aliphatic rings. The first-order valence-electron chi connectivity index (χ1n) is 3.96. The van der Waals surface area contributed by atoms with Crippen molar-refractivity contribution in [1.82, 2.24) is 14.3 Å². The number of rotatable bonds is 3. The Morgan fingerprint density at radius 2 is 2.20 bits per heavy atom. The summed E-state index contributed by atoms with van der Waals surface area (Å²) in [6.45, 7) is 0. The van der Waals surface area contributed by atoms with Crippen LogP contribution in [0.1, 0.15) is 5.56 Å². The second-order valence-corrected chi connectivity index (χ2v) is 5.33. The predicted octanol–water partition coefficient (Wildman–Crippen LogP) is 3.53. The van der Waals surface area contributed by atoms with Gasteiger partial charge in [0.25, 0.3) is 0 Å². The van der Waals surface area contributed by atoms with Crippen molar-refractivity contribution in [1.29, 1.82) is 0 Å². The summed E-state index contributed by atoms with van der Waals surface area (Å²) in [5.41, 5.74) is 0.946. The molecule has 0 atom stereocenters. The van der Waals surface area contributed by atoms with E-state index in [1.165, 1.54) is 17.9 Å². The molecule has 0 spiro atoms. The summed E-state index contributed by atoms with van der Waals surface area (Å²) in [6.07, 6.45) is 1.54. The van der Waals surface area contributed by atoms with E-state index in [9.17, 15) is 0 Å². The van der Waals surface area contributed by atoms with Crippen molar-refractivity contribution in [3.63, 3.8) is 0 Å². The van der Waals surface area contributed by atoms with Crippen LogP contribution in [0, 0.1) is 0 Å². The van der Waals surface area contributed by atoms with Crippen LogP contribution in [-0.2, 0) is 5.75 Å². The summed E-state index contributed by atoms with van der Waals surface area (Å²) in [7, 11) is 0. The average Bonchev–Trinajstić information content (AvgIpc) is 2.69. The Labute approximate surface area is 105 Å². The normalized spacial score (nSPS) is 10.5. The summed E-state index contributed by atoms with van der Waals surface area (Å²) in [6, 6.07) is 3.59. The van der Waals surface area contributed by atoms with Crippen LogP contribution >= 0.6 is 46.5 Å². The van der Waals surface area contributed by atoms with Crippen molar-refractivity contribution in [2.75, 3.05) is 0 Å². The number of hydrogen-bond acceptors (Lipinski definition) is 5. The van der Waals surface area contributed by atoms with Gasteiger partial charge in [0, 0.05) is 5.75 Å². The Kier molecular flexibility index (Phi) is 3.80. The maximum atomic E-state index is 5.93. The second kappa shape index (κ2) is 5.12. The van der Waals surface area contributed by atoms with Gasteiger partial charge in [-0.2, -0.15) is 4.37 Å². The first kappa shape index (κ1) is 11.1. The standard InChI is InChI=1S/C8H5Cl2N3S2/c9-6-2-1-5(7(10)13-6)3-14-8-11-4-12-15-8/h1-2,4H,3H2. The predicted molar refractivity (Wildman–Crippen MR) is 63.7 cm³/mol. The lowest BCUT2D eigenvalue weighted by Gasteiger charge is -2.01. The SMILES string of the molecule is Clc1ccc(CSc2ncns2)c(Cl)n1. The van der Waals surface area contributed by atoms with E-state index < -0.39 is 0 Å². The maximum Gasteiger partial charge on any atom is 0.170 e. The summed E-state index contributed by atoms with van der Waals surface area (Å²) >= 11 is 14.6. The third kappa shape index (κ3) is 3.04. The van der Waals surface area contributed by atoms with Crippen molar-refractivity contribution in [2.24, 2.45) is 0 Å². The fourth-order valence-electron chi connectivity index (χ4n) is 0.915. The van der Waals surface area contributed by atoms with Gasteiger partial charge < -0.3 is 0 Å². The van der Waals surface area contributed by atoms with Gasteiger partial charge in [0.05, 0.1) is 0 Å². The molecule has 78 valence electrons. The Hall–Kier alpha value is -0.360. The molecule has 0 aromatic carbocycles. The summed E-state index contributed by atoms with van der Waals surface area (Å²) < 4.78 is 4.83. The molecular weight excluding hydrogens is 273 g/mol. The highest BCUT2D eigenvalue weighted by Crippen LogP contribution is 2.26. The van der Waals surface area contributed by atoms with Gasteiger partial charge in [-0.05, 0) is 23.2 Å². The van der Waals surface area contributed by atoms with Crippen LogP contribution in [0.15, 0.2) is 22.8 Å². The third-order valence-corrected chi connectivity index (χ3v) is 3.97. The van der Waals surface area contributed by atoms with Crippen LogP contribution in [0.25, 0.3) is 0 Å². The molecule has 2 aromatic rings. The second-order valence-electron chi connectivity index (χ2n) is 2.58. The van der Waals surface area contributed by atoms with Gasteiger partial charge >= 0.3 is 0 Å². The van der Waals surface area contributed by atoms with Crippen LogP contribution in [0.4, 0.5) is 0 Å². The fraction of sp³-hybridized carbons (Fsp3) is 0.125. The largest absolute Gasteiger partial charge is 0.224 e. The van der Waals surface area contributed by atoms with Crippen LogP contribution in [0.3, 0.4) is 0 Å². The Morgan fingerprint density at radius 1 is 1.33 bits per heavy atom. The molecule has 0 N–H and O–H groups in total. The van der Waals surface area contributed by atoms with E-state index in [1.54, 1.807) is 17.8 Å². The highest BCUT2D eigenvalue weighted by atomic mass is 35.5. The Morgan fingerprint density at radius 3 is 2.87 bits per heavy atom. The van der Waals surface area contributed by atoms with Crippen LogP contribution in [0.5, 0.6) is 0 Å². The maximum absolute atomic E-state index is 5.93. The Balaban J connectivity index is 2.05. The molecule has 0 saturated carbocycles. The quantitative estimate of drug-likeness (QED) is 0.636. The molecule has 0 fully saturated rings. The fourth-order valence-corrected chi connectivity index (χ4v) is 2.83. The van der Waals surface area contributed by atoms with Crippen molar-refractivity contribution >= 4 is 46.5 Å². The third-order valence-electron chi connectivity index (χ3n) is 1.58. The van der Waals surface area contributed by atoms with Gasteiger partial charge in [0.2, 0.25) is 0 Å². The molecule has 0 radical (unpaired) electrons. The first-order valence-corrected chi connectivity index (χ1v) is 6.47. The highest BCUT2D eigenvalue weighted by Gasteiger charge is 2.05. The molecule has 0 aliphatic heterocycles. The summed E-state index contributed by atoms with van der Waals surface area (Å²) in [5, 5.41) is 0.851. The lowest BCUT2D eigenvalue weighted by molar-refractivity contribution is 1.20. The van der Waals surface area contributed by atoms with Crippen molar-refractivity contribution < 1.29 is 0 Å². The minimum absolute atomic E-state index is 0.407. The van der Waals surface area contributed by atoms with Crippen LogP contribution in [-0.4, -0.2) is 14.3 Å². The van der Waals surface area contributed by atoms with Crippen molar-refractivity contribution in [2.45, 2.75) is 10.1 Å². The lowest BCUT2D eigenvalue weighted by Crippen LogP contribution is -1.86. The number of halogens is 2. The number of pyridine rings is 1. The lowest BCUT2D eigenvalue weighted by atomic mass is 10.3. The zero-order valence-corrected chi connectivity index (χ0v) is 10.5. The zero-order valence-electron chi connectivity index (χ0n) is 7.35. The number of aromatic nitrogens is 3. The molecule has 2 aromatic heterocycles. The van der Waals surface area contributed by atoms with Crippen LogP contribution < -0.4 is 0 Å². The van der Waals surface area contributed by atoms with Gasteiger partial charge in [-0.1, -0.05) is 41.0 Å². The number of thioether (sulfide) groups is 1. The molecule has 7 heteroatoms. The molecule has 2 rings (SSSR count). The topological polar surface area (TPSA) is 38.7 Å². The first-order chi connectivity index (χ1) is 7.25. The minimum atomic E-state index is 0.407. The van der Waals surface area contributed by atoms with E-state index in [4.69, 9.17) is 23.2 Å². The number of nitrogens with zero attached hydrogens (tertiary/aromatic N) is 3. The Bertz CT molecular complexity index is 447. The van der Waals surface area contributed by atoms with Gasteiger partial charge in [-0.3, -0.25) is 0 Å². The average molecular weight is 278 g/mol. The molecule has 3 nitrogen and oxygen atoms in total. The molecule has 0 amide bonds. The van der Waals surface area contributed by atoms with E-state index >= 15 is 0 Å². The molecule has 0 unspecified atom stereocenters. The van der Waals surface area contributed by atoms with E-state index in [2.05, 4.69) is 14.3 Å². The van der Waals surface area contributed by atoms with Gasteiger partial charge in [0.15, 0.2) is 4.34 Å². The molecule has 2 heterocycles. The van der Waals surface area contributed by atoms with E-state index in [-0.39, 0.29) is 0 Å². The van der Waals surface area contributed by atoms with Gasteiger partial charge in [-0.15, -0.1) is 0 Å². The molecule has 15 heavy (non-hydrogen) atoms. The van der Waals surface area contributed by atoms with E-state index in [1.807, 2.05) is 6.07 Å². The smallest absolute Gasteiger partial charge is 0.170 e. The van der Waals surface area contributed by atoms with E-state index in [0.29, 0.717) is 10.3 Å². The van der Waals surface area contributed by atoms with Crippen molar-refractivity contribution in [3.8, 4) is 0 Å². The van der Waals surface area contributed by atoms with Crippen LogP contribution in [0.2, 0.25) is 10.3 Å². The van der Waals surface area contributed by atoms with Crippen molar-refractivity contribution in [3.05, 3.63) is 34.3 Å².